The molecule has 2 atom stereocenters. The first kappa shape index (κ1) is 15.4. The van der Waals surface area contributed by atoms with E-state index in [2.05, 4.69) is 4.90 Å². The number of ether oxygens (including phenoxy) is 1. The molecule has 1 aliphatic heterocycles. The Labute approximate surface area is 118 Å². The van der Waals surface area contributed by atoms with Gasteiger partial charge in [0.05, 0.1) is 12.7 Å². The van der Waals surface area contributed by atoms with E-state index in [9.17, 15) is 13.9 Å². The first-order valence-corrected chi connectivity index (χ1v) is 6.94. The van der Waals surface area contributed by atoms with E-state index in [1.54, 1.807) is 7.11 Å². The number of hydrogen-bond acceptors (Lipinski definition) is 3. The SMILES string of the molecule is COCC1CCCN(CC(O)c2ccc(F)c(F)c2)C1. The van der Waals surface area contributed by atoms with Crippen molar-refractivity contribution < 1.29 is 18.6 Å². The van der Waals surface area contributed by atoms with Crippen molar-refractivity contribution in [2.75, 3.05) is 33.4 Å². The Balaban J connectivity index is 1.93. The molecule has 0 aliphatic carbocycles. The van der Waals surface area contributed by atoms with Crippen molar-refractivity contribution in [3.8, 4) is 0 Å². The average Bonchev–Trinajstić information content (AvgIpc) is 2.42. The number of methoxy groups -OCH3 is 1. The zero-order valence-corrected chi connectivity index (χ0v) is 11.7. The van der Waals surface area contributed by atoms with Gasteiger partial charge in [-0.05, 0) is 43.0 Å². The molecular formula is C15H21F2NO2. The van der Waals surface area contributed by atoms with E-state index >= 15 is 0 Å². The quantitative estimate of drug-likeness (QED) is 0.901. The second-order valence-corrected chi connectivity index (χ2v) is 5.41. The van der Waals surface area contributed by atoms with Crippen molar-refractivity contribution in [1.29, 1.82) is 0 Å². The number of nitrogens with zero attached hydrogens (tertiary/aromatic N) is 1. The molecule has 1 aromatic carbocycles. The van der Waals surface area contributed by atoms with Gasteiger partial charge in [-0.1, -0.05) is 6.07 Å². The molecule has 0 radical (unpaired) electrons. The maximum Gasteiger partial charge on any atom is 0.159 e. The van der Waals surface area contributed by atoms with Crippen molar-refractivity contribution in [2.24, 2.45) is 5.92 Å². The summed E-state index contributed by atoms with van der Waals surface area (Å²) in [5.41, 5.74) is 0.415. The van der Waals surface area contributed by atoms with Crippen molar-refractivity contribution in [1.82, 2.24) is 4.90 Å². The largest absolute Gasteiger partial charge is 0.387 e. The van der Waals surface area contributed by atoms with Crippen LogP contribution in [0.5, 0.6) is 0 Å². The maximum absolute atomic E-state index is 13.2. The average molecular weight is 285 g/mol. The Hall–Kier alpha value is -1.04. The van der Waals surface area contributed by atoms with E-state index in [-0.39, 0.29) is 0 Å². The minimum Gasteiger partial charge on any atom is -0.387 e. The summed E-state index contributed by atoms with van der Waals surface area (Å²) in [7, 11) is 1.69. The van der Waals surface area contributed by atoms with E-state index in [1.807, 2.05) is 0 Å². The minimum absolute atomic E-state index is 0.415. The predicted octanol–water partition coefficient (Wildman–Crippen LogP) is 2.36. The second kappa shape index (κ2) is 7.11. The van der Waals surface area contributed by atoms with Crippen LogP contribution in [0.3, 0.4) is 0 Å². The zero-order chi connectivity index (χ0) is 14.5. The molecule has 5 heteroatoms. The summed E-state index contributed by atoms with van der Waals surface area (Å²) < 4.78 is 31.2. The number of rotatable bonds is 5. The van der Waals surface area contributed by atoms with Crippen molar-refractivity contribution in [3.05, 3.63) is 35.4 Å². The standard InChI is InChI=1S/C15H21F2NO2/c1-20-10-11-3-2-6-18(8-11)9-15(19)12-4-5-13(16)14(17)7-12/h4-5,7,11,15,19H,2-3,6,8-10H2,1H3. The molecule has 1 saturated heterocycles. The zero-order valence-electron chi connectivity index (χ0n) is 11.7. The lowest BCUT2D eigenvalue weighted by molar-refractivity contribution is 0.0561. The number of aliphatic hydroxyl groups is 1. The van der Waals surface area contributed by atoms with Crippen LogP contribution in [0, 0.1) is 17.6 Å². The minimum atomic E-state index is -0.919. The molecule has 1 aromatic rings. The second-order valence-electron chi connectivity index (χ2n) is 5.41. The van der Waals surface area contributed by atoms with Gasteiger partial charge in [0.25, 0.3) is 0 Å². The molecule has 1 N–H and O–H groups in total. The Bertz CT molecular complexity index is 440. The van der Waals surface area contributed by atoms with Gasteiger partial charge in [-0.3, -0.25) is 0 Å². The number of halogens is 2. The third kappa shape index (κ3) is 3.98. The van der Waals surface area contributed by atoms with Crippen LogP contribution in [0.15, 0.2) is 18.2 Å². The lowest BCUT2D eigenvalue weighted by Gasteiger charge is -2.33. The fraction of sp³-hybridized carbons (Fsp3) is 0.600. The van der Waals surface area contributed by atoms with E-state index in [0.717, 1.165) is 44.7 Å². The lowest BCUT2D eigenvalue weighted by atomic mass is 9.98. The molecule has 2 unspecified atom stereocenters. The van der Waals surface area contributed by atoms with Gasteiger partial charge in [0.2, 0.25) is 0 Å². The van der Waals surface area contributed by atoms with Crippen LogP contribution < -0.4 is 0 Å². The number of likely N-dealkylation sites (tertiary alicyclic amines) is 1. The van der Waals surface area contributed by atoms with Crippen LogP contribution in [0.2, 0.25) is 0 Å². The molecule has 0 spiro atoms. The van der Waals surface area contributed by atoms with Crippen molar-refractivity contribution >= 4 is 0 Å². The maximum atomic E-state index is 13.2. The molecule has 0 aromatic heterocycles. The summed E-state index contributed by atoms with van der Waals surface area (Å²) in [4.78, 5) is 2.15. The molecule has 0 bridgehead atoms. The van der Waals surface area contributed by atoms with Crippen molar-refractivity contribution in [3.63, 3.8) is 0 Å². The third-order valence-corrected chi connectivity index (χ3v) is 3.77. The Morgan fingerprint density at radius 3 is 2.90 bits per heavy atom. The smallest absolute Gasteiger partial charge is 0.159 e. The van der Waals surface area contributed by atoms with Gasteiger partial charge < -0.3 is 14.7 Å². The van der Waals surface area contributed by atoms with Crippen LogP contribution >= 0.6 is 0 Å². The van der Waals surface area contributed by atoms with E-state index in [0.29, 0.717) is 18.0 Å². The molecule has 0 saturated carbocycles. The highest BCUT2D eigenvalue weighted by molar-refractivity contribution is 5.20. The van der Waals surface area contributed by atoms with Gasteiger partial charge in [-0.15, -0.1) is 0 Å². The normalized spacial score (nSPS) is 21.9. The first-order chi connectivity index (χ1) is 9.60. The molecule has 1 fully saturated rings. The highest BCUT2D eigenvalue weighted by Crippen LogP contribution is 2.21. The van der Waals surface area contributed by atoms with Gasteiger partial charge in [0, 0.05) is 20.2 Å². The van der Waals surface area contributed by atoms with Gasteiger partial charge in [-0.25, -0.2) is 8.78 Å². The highest BCUT2D eigenvalue weighted by atomic mass is 19.2. The van der Waals surface area contributed by atoms with Crippen LogP contribution in [0.1, 0.15) is 24.5 Å². The lowest BCUT2D eigenvalue weighted by Crippen LogP contribution is -2.39. The summed E-state index contributed by atoms with van der Waals surface area (Å²) in [6.07, 6.45) is 1.40. The summed E-state index contributed by atoms with van der Waals surface area (Å²) in [6, 6.07) is 3.55. The van der Waals surface area contributed by atoms with E-state index in [4.69, 9.17) is 4.74 Å². The van der Waals surface area contributed by atoms with E-state index in [1.165, 1.54) is 6.07 Å². The fourth-order valence-electron chi connectivity index (χ4n) is 2.76. The molecule has 20 heavy (non-hydrogen) atoms. The van der Waals surface area contributed by atoms with E-state index < -0.39 is 17.7 Å². The first-order valence-electron chi connectivity index (χ1n) is 6.94. The molecular weight excluding hydrogens is 264 g/mol. The van der Waals surface area contributed by atoms with Crippen LogP contribution in [0.25, 0.3) is 0 Å². The van der Waals surface area contributed by atoms with Gasteiger partial charge in [0.1, 0.15) is 0 Å². The number of piperidine rings is 1. The fourth-order valence-corrected chi connectivity index (χ4v) is 2.76. The number of benzene rings is 1. The van der Waals surface area contributed by atoms with Gasteiger partial charge >= 0.3 is 0 Å². The van der Waals surface area contributed by atoms with Crippen LogP contribution in [-0.4, -0.2) is 43.4 Å². The summed E-state index contributed by atoms with van der Waals surface area (Å²) in [5.74, 6) is -1.33. The summed E-state index contributed by atoms with van der Waals surface area (Å²) >= 11 is 0. The highest BCUT2D eigenvalue weighted by Gasteiger charge is 2.22. The number of hydrogen-bond donors (Lipinski definition) is 1. The summed E-state index contributed by atoms with van der Waals surface area (Å²) in [6.45, 7) is 2.94. The monoisotopic (exact) mass is 285 g/mol. The molecule has 1 heterocycles. The number of aliphatic hydroxyl groups excluding tert-OH is 1. The van der Waals surface area contributed by atoms with Gasteiger partial charge in [0.15, 0.2) is 11.6 Å². The summed E-state index contributed by atoms with van der Waals surface area (Å²) in [5, 5.41) is 10.1. The topological polar surface area (TPSA) is 32.7 Å². The Kier molecular flexibility index (Phi) is 5.46. The molecule has 112 valence electrons. The molecule has 2 rings (SSSR count). The van der Waals surface area contributed by atoms with Gasteiger partial charge in [-0.2, -0.15) is 0 Å². The predicted molar refractivity (Wildman–Crippen MR) is 72.4 cm³/mol. The molecule has 3 nitrogen and oxygen atoms in total. The molecule has 0 amide bonds. The third-order valence-electron chi connectivity index (χ3n) is 3.77. The van der Waals surface area contributed by atoms with Crippen molar-refractivity contribution in [2.45, 2.75) is 18.9 Å². The Morgan fingerprint density at radius 2 is 2.20 bits per heavy atom. The molecule has 1 aliphatic rings. The Morgan fingerprint density at radius 1 is 1.40 bits per heavy atom. The number of β-amino-alcohol motifs (C(OH)–C–C–N with tert-alkyl or cyclic N) is 1. The van der Waals surface area contributed by atoms with Crippen LogP contribution in [0.4, 0.5) is 8.78 Å². The van der Waals surface area contributed by atoms with Crippen LogP contribution in [-0.2, 0) is 4.74 Å².